The van der Waals surface area contributed by atoms with Crippen molar-refractivity contribution in [2.24, 2.45) is 0 Å². The van der Waals surface area contributed by atoms with Crippen LogP contribution < -0.4 is 0 Å². The van der Waals surface area contributed by atoms with Gasteiger partial charge in [0.05, 0.1) is 16.2 Å². The molecule has 0 bridgehead atoms. The van der Waals surface area contributed by atoms with Crippen molar-refractivity contribution in [3.8, 4) is 0 Å². The lowest BCUT2D eigenvalue weighted by atomic mass is 10.1. The Hall–Kier alpha value is -1.40. The third-order valence-electron chi connectivity index (χ3n) is 4.08. The average molecular weight is 311 g/mol. The largest absolute Gasteiger partial charge is 0.478 e. The van der Waals surface area contributed by atoms with Crippen molar-refractivity contribution < 1.29 is 18.3 Å². The number of sulfone groups is 1. The zero-order chi connectivity index (χ0) is 15.6. The number of rotatable bonds is 5. The van der Waals surface area contributed by atoms with E-state index >= 15 is 0 Å². The van der Waals surface area contributed by atoms with Crippen molar-refractivity contribution in [1.29, 1.82) is 0 Å². The van der Waals surface area contributed by atoms with Crippen LogP contribution in [0.15, 0.2) is 17.0 Å². The second kappa shape index (κ2) is 6.15. The van der Waals surface area contributed by atoms with Gasteiger partial charge < -0.3 is 10.0 Å². The van der Waals surface area contributed by atoms with Gasteiger partial charge >= 0.3 is 5.97 Å². The number of benzene rings is 1. The van der Waals surface area contributed by atoms with E-state index in [1.54, 1.807) is 13.8 Å². The molecule has 116 valence electrons. The van der Waals surface area contributed by atoms with Gasteiger partial charge in [-0.3, -0.25) is 0 Å². The molecule has 0 unspecified atom stereocenters. The van der Waals surface area contributed by atoms with E-state index in [0.717, 1.165) is 25.9 Å². The third kappa shape index (κ3) is 3.63. The van der Waals surface area contributed by atoms with Gasteiger partial charge in [-0.2, -0.15) is 0 Å². The number of hydrogen-bond donors (Lipinski definition) is 1. The van der Waals surface area contributed by atoms with Crippen molar-refractivity contribution in [3.63, 3.8) is 0 Å². The van der Waals surface area contributed by atoms with E-state index in [0.29, 0.717) is 17.7 Å². The Morgan fingerprint density at radius 2 is 1.86 bits per heavy atom. The standard InChI is InChI=1S/C15H21NO4S/c1-11-9-13(15(17)18)10-14(12(11)2)21(19,20)8-7-16-5-3-4-6-16/h9-10H,3-8H2,1-2H3,(H,17,18). The Morgan fingerprint density at radius 3 is 2.43 bits per heavy atom. The zero-order valence-electron chi connectivity index (χ0n) is 12.4. The molecule has 1 aliphatic heterocycles. The molecule has 1 aromatic carbocycles. The summed E-state index contributed by atoms with van der Waals surface area (Å²) < 4.78 is 25.0. The predicted octanol–water partition coefficient (Wildman–Crippen LogP) is 1.87. The second-order valence-corrected chi connectivity index (χ2v) is 7.67. The second-order valence-electron chi connectivity index (χ2n) is 5.59. The predicted molar refractivity (Wildman–Crippen MR) is 80.6 cm³/mol. The van der Waals surface area contributed by atoms with Gasteiger partial charge in [0.2, 0.25) is 0 Å². The summed E-state index contributed by atoms with van der Waals surface area (Å²) in [6, 6.07) is 2.79. The smallest absolute Gasteiger partial charge is 0.335 e. The van der Waals surface area contributed by atoms with Crippen LogP contribution in [-0.2, 0) is 9.84 Å². The van der Waals surface area contributed by atoms with Gasteiger partial charge in [0.1, 0.15) is 0 Å². The highest BCUT2D eigenvalue weighted by molar-refractivity contribution is 7.91. The summed E-state index contributed by atoms with van der Waals surface area (Å²) in [5.74, 6) is -1.06. The van der Waals surface area contributed by atoms with Crippen LogP contribution in [0.5, 0.6) is 0 Å². The van der Waals surface area contributed by atoms with Gasteiger partial charge in [-0.15, -0.1) is 0 Å². The van der Waals surface area contributed by atoms with Crippen LogP contribution in [-0.4, -0.2) is 49.8 Å². The topological polar surface area (TPSA) is 74.7 Å². The summed E-state index contributed by atoms with van der Waals surface area (Å²) in [4.78, 5) is 13.4. The highest BCUT2D eigenvalue weighted by atomic mass is 32.2. The molecule has 0 aliphatic carbocycles. The van der Waals surface area contributed by atoms with Crippen LogP contribution in [0.2, 0.25) is 0 Å². The van der Waals surface area contributed by atoms with Crippen LogP contribution >= 0.6 is 0 Å². The van der Waals surface area contributed by atoms with E-state index in [-0.39, 0.29) is 16.2 Å². The maximum Gasteiger partial charge on any atom is 0.335 e. The number of carboxylic acids is 1. The monoisotopic (exact) mass is 311 g/mol. The highest BCUT2D eigenvalue weighted by Gasteiger charge is 2.22. The molecule has 1 aliphatic rings. The normalized spacial score (nSPS) is 16.3. The van der Waals surface area contributed by atoms with E-state index in [1.165, 1.54) is 12.1 Å². The Morgan fingerprint density at radius 1 is 1.24 bits per heavy atom. The van der Waals surface area contributed by atoms with Crippen molar-refractivity contribution in [1.82, 2.24) is 4.90 Å². The van der Waals surface area contributed by atoms with E-state index in [4.69, 9.17) is 5.11 Å². The van der Waals surface area contributed by atoms with Crippen LogP contribution in [0, 0.1) is 13.8 Å². The van der Waals surface area contributed by atoms with E-state index in [2.05, 4.69) is 4.90 Å². The Labute approximate surface area is 125 Å². The van der Waals surface area contributed by atoms with Crippen molar-refractivity contribution in [2.75, 3.05) is 25.4 Å². The third-order valence-corrected chi connectivity index (χ3v) is 5.89. The zero-order valence-corrected chi connectivity index (χ0v) is 13.2. The molecular weight excluding hydrogens is 290 g/mol. The van der Waals surface area contributed by atoms with Crippen molar-refractivity contribution in [2.45, 2.75) is 31.6 Å². The molecule has 0 saturated carbocycles. The molecule has 0 amide bonds. The first-order valence-electron chi connectivity index (χ1n) is 7.11. The number of nitrogens with zero attached hydrogens (tertiary/aromatic N) is 1. The van der Waals surface area contributed by atoms with Crippen molar-refractivity contribution >= 4 is 15.8 Å². The summed E-state index contributed by atoms with van der Waals surface area (Å²) in [5, 5.41) is 9.09. The SMILES string of the molecule is Cc1cc(C(=O)O)cc(S(=O)(=O)CCN2CCCC2)c1C. The Bertz CT molecular complexity index is 646. The first-order chi connectivity index (χ1) is 9.81. The minimum atomic E-state index is -3.46. The minimum absolute atomic E-state index is 0.0258. The molecule has 1 fully saturated rings. The van der Waals surface area contributed by atoms with Gasteiger partial charge in [-0.25, -0.2) is 13.2 Å². The summed E-state index contributed by atoms with van der Waals surface area (Å²) >= 11 is 0. The lowest BCUT2D eigenvalue weighted by molar-refractivity contribution is 0.0696. The minimum Gasteiger partial charge on any atom is -0.478 e. The summed E-state index contributed by atoms with van der Waals surface area (Å²) in [6.07, 6.45) is 2.24. The molecule has 0 aromatic heterocycles. The van der Waals surface area contributed by atoms with Crippen LogP contribution in [0.25, 0.3) is 0 Å². The van der Waals surface area contributed by atoms with E-state index < -0.39 is 15.8 Å². The van der Waals surface area contributed by atoms with Gasteiger partial charge in [0.15, 0.2) is 9.84 Å². The Balaban J connectivity index is 2.27. The number of carboxylic acid groups (broad SMARTS) is 1. The molecule has 0 radical (unpaired) electrons. The summed E-state index contributed by atoms with van der Waals surface area (Å²) in [6.45, 7) is 5.87. The summed E-state index contributed by atoms with van der Waals surface area (Å²) in [5.41, 5.74) is 1.36. The fourth-order valence-electron chi connectivity index (χ4n) is 2.64. The molecule has 1 N–H and O–H groups in total. The molecule has 5 nitrogen and oxygen atoms in total. The molecule has 2 rings (SSSR count). The van der Waals surface area contributed by atoms with Crippen LogP contribution in [0.1, 0.15) is 34.3 Å². The molecule has 1 saturated heterocycles. The maximum atomic E-state index is 12.5. The lowest BCUT2D eigenvalue weighted by Crippen LogP contribution is -2.27. The van der Waals surface area contributed by atoms with Crippen LogP contribution in [0.4, 0.5) is 0 Å². The molecule has 1 heterocycles. The van der Waals surface area contributed by atoms with E-state index in [1.807, 2.05) is 0 Å². The summed E-state index contributed by atoms with van der Waals surface area (Å²) in [7, 11) is -3.46. The lowest BCUT2D eigenvalue weighted by Gasteiger charge is -2.16. The first kappa shape index (κ1) is 16.0. The molecular formula is C15H21NO4S. The quantitative estimate of drug-likeness (QED) is 0.898. The van der Waals surface area contributed by atoms with E-state index in [9.17, 15) is 13.2 Å². The van der Waals surface area contributed by atoms with Gasteiger partial charge in [0, 0.05) is 6.54 Å². The number of carbonyl (C=O) groups is 1. The number of aromatic carboxylic acids is 1. The number of hydrogen-bond acceptors (Lipinski definition) is 4. The highest BCUT2D eigenvalue weighted by Crippen LogP contribution is 2.23. The van der Waals surface area contributed by atoms with Gasteiger partial charge in [-0.05, 0) is 63.0 Å². The molecule has 0 atom stereocenters. The van der Waals surface area contributed by atoms with Gasteiger partial charge in [-0.1, -0.05) is 0 Å². The molecule has 0 spiro atoms. The van der Waals surface area contributed by atoms with Gasteiger partial charge in [0.25, 0.3) is 0 Å². The number of aryl methyl sites for hydroxylation is 1. The Kier molecular flexibility index (Phi) is 4.68. The first-order valence-corrected chi connectivity index (χ1v) is 8.76. The fourth-order valence-corrected chi connectivity index (χ4v) is 4.29. The fraction of sp³-hybridized carbons (Fsp3) is 0.533. The van der Waals surface area contributed by atoms with Crippen LogP contribution in [0.3, 0.4) is 0 Å². The molecule has 6 heteroatoms. The number of likely N-dealkylation sites (tertiary alicyclic amines) is 1. The molecule has 1 aromatic rings. The average Bonchev–Trinajstić information content (AvgIpc) is 2.92. The maximum absolute atomic E-state index is 12.5. The van der Waals surface area contributed by atoms with Crippen molar-refractivity contribution in [3.05, 3.63) is 28.8 Å². The molecule has 21 heavy (non-hydrogen) atoms.